The molecule has 0 saturated carbocycles. The van der Waals surface area contributed by atoms with Crippen LogP contribution in [0.2, 0.25) is 0 Å². The summed E-state index contributed by atoms with van der Waals surface area (Å²) in [6, 6.07) is 15.8. The van der Waals surface area contributed by atoms with Crippen LogP contribution in [0.5, 0.6) is 5.75 Å². The lowest BCUT2D eigenvalue weighted by Gasteiger charge is -2.16. The van der Waals surface area contributed by atoms with E-state index in [-0.39, 0.29) is 41.3 Å². The van der Waals surface area contributed by atoms with Gasteiger partial charge in [-0.25, -0.2) is 14.4 Å². The molecule has 0 saturated heterocycles. The third kappa shape index (κ3) is 8.58. The van der Waals surface area contributed by atoms with Gasteiger partial charge in [-0.2, -0.15) is 0 Å². The van der Waals surface area contributed by atoms with Crippen molar-refractivity contribution in [1.82, 2.24) is 16.0 Å². The lowest BCUT2D eigenvalue weighted by atomic mass is 10.1. The highest BCUT2D eigenvalue weighted by Crippen LogP contribution is 2.13. The first-order valence-corrected chi connectivity index (χ1v) is 12.2. The SMILES string of the molecule is CCOC(=O)c1cccc(NC(=O)NCC(NC(=O)c2ccc(C(=O)NCc3cccc(O)c3)cc2)C(=O)O)c1. The van der Waals surface area contributed by atoms with Gasteiger partial charge in [0.1, 0.15) is 11.8 Å². The fraction of sp³-hybridized carbons (Fsp3) is 0.179. The largest absolute Gasteiger partial charge is 0.508 e. The number of carbonyl (C=O) groups excluding carboxylic acids is 4. The number of benzene rings is 3. The van der Waals surface area contributed by atoms with Gasteiger partial charge in [-0.3, -0.25) is 9.59 Å². The number of amides is 4. The average molecular weight is 549 g/mol. The van der Waals surface area contributed by atoms with Crippen LogP contribution in [0, 0.1) is 0 Å². The standard InChI is InChI=1S/C28H28N4O8/c1-2-40-27(38)20-6-4-7-21(14-20)31-28(39)30-16-23(26(36)37)32-25(35)19-11-9-18(10-12-19)24(34)29-15-17-5-3-8-22(33)13-17/h3-14,23,33H,2,15-16H2,1H3,(H,29,34)(H,32,35)(H,36,37)(H2,30,31,39). The second kappa shape index (κ2) is 14.0. The predicted octanol–water partition coefficient (Wildman–Crippen LogP) is 2.50. The Balaban J connectivity index is 1.52. The molecule has 1 unspecified atom stereocenters. The lowest BCUT2D eigenvalue weighted by molar-refractivity contribution is -0.139. The van der Waals surface area contributed by atoms with Crippen LogP contribution in [0.3, 0.4) is 0 Å². The molecule has 12 nitrogen and oxygen atoms in total. The summed E-state index contributed by atoms with van der Waals surface area (Å²) in [5.74, 6) is -2.97. The van der Waals surface area contributed by atoms with E-state index in [1.54, 1.807) is 25.1 Å². The van der Waals surface area contributed by atoms with Crippen LogP contribution in [-0.4, -0.2) is 59.2 Å². The monoisotopic (exact) mass is 548 g/mol. The molecule has 3 aromatic carbocycles. The molecule has 40 heavy (non-hydrogen) atoms. The van der Waals surface area contributed by atoms with Crippen molar-refractivity contribution in [3.63, 3.8) is 0 Å². The maximum atomic E-state index is 12.6. The van der Waals surface area contributed by atoms with Crippen molar-refractivity contribution in [2.24, 2.45) is 0 Å². The van der Waals surface area contributed by atoms with E-state index < -0.39 is 42.4 Å². The summed E-state index contributed by atoms with van der Waals surface area (Å²) in [7, 11) is 0. The number of carbonyl (C=O) groups is 5. The van der Waals surface area contributed by atoms with Crippen molar-refractivity contribution in [2.75, 3.05) is 18.5 Å². The maximum absolute atomic E-state index is 12.6. The zero-order chi connectivity index (χ0) is 29.1. The van der Waals surface area contributed by atoms with E-state index in [4.69, 9.17) is 4.74 Å². The molecule has 1 atom stereocenters. The summed E-state index contributed by atoms with van der Waals surface area (Å²) in [5.41, 5.74) is 1.60. The summed E-state index contributed by atoms with van der Waals surface area (Å²) in [4.78, 5) is 60.8. The summed E-state index contributed by atoms with van der Waals surface area (Å²) in [6.45, 7) is 1.62. The first kappa shape index (κ1) is 29.2. The van der Waals surface area contributed by atoms with Crippen molar-refractivity contribution in [2.45, 2.75) is 19.5 Å². The number of aliphatic carboxylic acids is 1. The molecule has 0 aromatic heterocycles. The number of rotatable bonds is 11. The Morgan fingerprint density at radius 2 is 1.50 bits per heavy atom. The molecule has 6 N–H and O–H groups in total. The molecule has 12 heteroatoms. The highest BCUT2D eigenvalue weighted by molar-refractivity contribution is 5.99. The molecule has 0 spiro atoms. The Kier molecular flexibility index (Phi) is 10.2. The lowest BCUT2D eigenvalue weighted by Crippen LogP contribution is -2.49. The van der Waals surface area contributed by atoms with E-state index in [9.17, 15) is 34.2 Å². The normalized spacial score (nSPS) is 11.0. The topological polar surface area (TPSA) is 183 Å². The molecule has 0 aliphatic heterocycles. The number of ether oxygens (including phenoxy) is 1. The van der Waals surface area contributed by atoms with Crippen LogP contribution >= 0.6 is 0 Å². The van der Waals surface area contributed by atoms with Gasteiger partial charge in [-0.05, 0) is 67.1 Å². The zero-order valence-electron chi connectivity index (χ0n) is 21.5. The van der Waals surface area contributed by atoms with Gasteiger partial charge in [0.2, 0.25) is 0 Å². The number of anilines is 1. The van der Waals surface area contributed by atoms with Crippen molar-refractivity contribution >= 4 is 35.5 Å². The van der Waals surface area contributed by atoms with Gasteiger partial charge in [-0.1, -0.05) is 18.2 Å². The van der Waals surface area contributed by atoms with Gasteiger partial charge in [0.15, 0.2) is 0 Å². The first-order valence-electron chi connectivity index (χ1n) is 12.2. The predicted molar refractivity (Wildman–Crippen MR) is 144 cm³/mol. The van der Waals surface area contributed by atoms with Crippen LogP contribution < -0.4 is 21.3 Å². The molecule has 0 aliphatic carbocycles. The number of esters is 1. The minimum Gasteiger partial charge on any atom is -0.508 e. The summed E-state index contributed by atoms with van der Waals surface area (Å²) in [6.07, 6.45) is 0. The van der Waals surface area contributed by atoms with Crippen molar-refractivity contribution in [3.05, 3.63) is 95.1 Å². The summed E-state index contributed by atoms with van der Waals surface area (Å²) in [5, 5.41) is 28.9. The number of carboxylic acid groups (broad SMARTS) is 1. The second-order valence-corrected chi connectivity index (χ2v) is 8.43. The first-order chi connectivity index (χ1) is 19.2. The van der Waals surface area contributed by atoms with Gasteiger partial charge in [0.05, 0.1) is 18.7 Å². The van der Waals surface area contributed by atoms with E-state index in [0.717, 1.165) is 0 Å². The zero-order valence-corrected chi connectivity index (χ0v) is 21.5. The third-order valence-corrected chi connectivity index (χ3v) is 5.47. The fourth-order valence-corrected chi connectivity index (χ4v) is 3.47. The molecule has 0 heterocycles. The molecule has 208 valence electrons. The Labute approximate surface area is 229 Å². The number of urea groups is 1. The maximum Gasteiger partial charge on any atom is 0.338 e. The van der Waals surface area contributed by atoms with Gasteiger partial charge >= 0.3 is 18.0 Å². The Morgan fingerprint density at radius 3 is 2.15 bits per heavy atom. The van der Waals surface area contributed by atoms with Gasteiger partial charge < -0.3 is 36.2 Å². The van der Waals surface area contributed by atoms with Gasteiger partial charge in [0.25, 0.3) is 11.8 Å². The Bertz CT molecular complexity index is 1390. The van der Waals surface area contributed by atoms with Crippen LogP contribution in [0.1, 0.15) is 43.6 Å². The number of phenols is 1. The fourth-order valence-electron chi connectivity index (χ4n) is 3.47. The van der Waals surface area contributed by atoms with Gasteiger partial charge in [-0.15, -0.1) is 0 Å². The van der Waals surface area contributed by atoms with E-state index in [1.165, 1.54) is 54.6 Å². The molecular formula is C28H28N4O8. The summed E-state index contributed by atoms with van der Waals surface area (Å²) >= 11 is 0. The van der Waals surface area contributed by atoms with Crippen LogP contribution in [-0.2, 0) is 16.1 Å². The molecule has 0 fully saturated rings. The van der Waals surface area contributed by atoms with E-state index >= 15 is 0 Å². The minimum absolute atomic E-state index is 0.0819. The minimum atomic E-state index is -1.45. The van der Waals surface area contributed by atoms with Crippen molar-refractivity contribution < 1.29 is 38.9 Å². The molecule has 4 amide bonds. The van der Waals surface area contributed by atoms with Crippen LogP contribution in [0.15, 0.2) is 72.8 Å². The number of nitrogens with one attached hydrogen (secondary N) is 4. The quantitative estimate of drug-likeness (QED) is 0.198. The molecule has 3 rings (SSSR count). The summed E-state index contributed by atoms with van der Waals surface area (Å²) < 4.78 is 4.92. The third-order valence-electron chi connectivity index (χ3n) is 5.47. The highest BCUT2D eigenvalue weighted by Gasteiger charge is 2.22. The highest BCUT2D eigenvalue weighted by atomic mass is 16.5. The van der Waals surface area contributed by atoms with E-state index in [0.29, 0.717) is 5.56 Å². The van der Waals surface area contributed by atoms with E-state index in [2.05, 4.69) is 21.3 Å². The Hall–Kier alpha value is -5.39. The number of phenolic OH excluding ortho intramolecular Hbond substituents is 1. The Morgan fingerprint density at radius 1 is 0.825 bits per heavy atom. The van der Waals surface area contributed by atoms with Crippen molar-refractivity contribution in [1.29, 1.82) is 0 Å². The number of carboxylic acids is 1. The van der Waals surface area contributed by atoms with E-state index in [1.807, 2.05) is 0 Å². The number of aromatic hydroxyl groups is 1. The smallest absolute Gasteiger partial charge is 0.338 e. The van der Waals surface area contributed by atoms with Gasteiger partial charge in [0, 0.05) is 23.4 Å². The number of hydrogen-bond acceptors (Lipinski definition) is 7. The van der Waals surface area contributed by atoms with Crippen molar-refractivity contribution in [3.8, 4) is 5.75 Å². The molecular weight excluding hydrogens is 520 g/mol. The van der Waals surface area contributed by atoms with Crippen LogP contribution in [0.25, 0.3) is 0 Å². The number of hydrogen-bond donors (Lipinski definition) is 6. The average Bonchev–Trinajstić information content (AvgIpc) is 2.94. The second-order valence-electron chi connectivity index (χ2n) is 8.43. The molecule has 0 aliphatic rings. The molecule has 0 bridgehead atoms. The molecule has 0 radical (unpaired) electrons. The molecule has 3 aromatic rings. The van der Waals surface area contributed by atoms with Crippen LogP contribution in [0.4, 0.5) is 10.5 Å².